The fourth-order valence-electron chi connectivity index (χ4n) is 8.20. The first-order valence-electron chi connectivity index (χ1n) is 26.7. The summed E-state index contributed by atoms with van der Waals surface area (Å²) in [5.74, 6) is -0.495. The van der Waals surface area contributed by atoms with Crippen molar-refractivity contribution in [1.29, 1.82) is 0 Å². The Morgan fingerprint density at radius 1 is 0.475 bits per heavy atom. The molecule has 0 saturated carbocycles. The molecule has 0 saturated heterocycles. The van der Waals surface area contributed by atoms with E-state index in [1.54, 1.807) is 0 Å². The number of allylic oxidation sites excluding steroid dienone is 6. The molecule has 0 aromatic rings. The SMILES string of the molecule is CCCCCCC/C=C/C=C/C=C/CCCCCC(CC(=O)NC(CO)C(O)CCCCCCCCCCCCC)OC(=O)CCCCCCCCCCCCCCCCC. The van der Waals surface area contributed by atoms with Gasteiger partial charge in [0, 0.05) is 6.42 Å². The molecule has 0 bridgehead atoms. The first kappa shape index (κ1) is 59.1. The second kappa shape index (κ2) is 49.1. The molecule has 6 heteroatoms. The Balaban J connectivity index is 4.63. The molecule has 61 heavy (non-hydrogen) atoms. The molecule has 1 amide bonds. The van der Waals surface area contributed by atoms with Crippen LogP contribution in [0.3, 0.4) is 0 Å². The molecule has 0 aliphatic rings. The third-order valence-corrected chi connectivity index (χ3v) is 12.3. The Kier molecular flexibility index (Phi) is 47.6. The smallest absolute Gasteiger partial charge is 0.306 e. The number of aliphatic hydroxyl groups is 2. The van der Waals surface area contributed by atoms with E-state index in [0.29, 0.717) is 19.3 Å². The zero-order valence-electron chi connectivity index (χ0n) is 40.8. The quantitative estimate of drug-likeness (QED) is 0.0322. The summed E-state index contributed by atoms with van der Waals surface area (Å²) in [6.45, 7) is 6.47. The number of rotatable bonds is 48. The monoisotopic (exact) mass is 858 g/mol. The lowest BCUT2D eigenvalue weighted by Gasteiger charge is -2.24. The van der Waals surface area contributed by atoms with Gasteiger partial charge in [-0.05, 0) is 51.4 Å². The molecule has 0 heterocycles. The van der Waals surface area contributed by atoms with E-state index in [1.807, 2.05) is 0 Å². The van der Waals surface area contributed by atoms with E-state index < -0.39 is 18.2 Å². The number of nitrogens with one attached hydrogen (secondary N) is 1. The number of carbonyl (C=O) groups is 2. The summed E-state index contributed by atoms with van der Waals surface area (Å²) in [6, 6.07) is -0.709. The fourth-order valence-corrected chi connectivity index (χ4v) is 8.20. The van der Waals surface area contributed by atoms with Gasteiger partial charge in [-0.15, -0.1) is 0 Å². The third kappa shape index (κ3) is 44.5. The van der Waals surface area contributed by atoms with Crippen LogP contribution in [0.1, 0.15) is 278 Å². The first-order valence-corrected chi connectivity index (χ1v) is 26.7. The number of hydrogen-bond acceptors (Lipinski definition) is 5. The second-order valence-corrected chi connectivity index (χ2v) is 18.3. The van der Waals surface area contributed by atoms with Gasteiger partial charge >= 0.3 is 5.97 Å². The molecular formula is C55H103NO5. The summed E-state index contributed by atoms with van der Waals surface area (Å²) in [7, 11) is 0. The molecule has 0 aliphatic carbocycles. The Morgan fingerprint density at radius 3 is 1.26 bits per heavy atom. The van der Waals surface area contributed by atoms with Crippen LogP contribution in [0.15, 0.2) is 36.5 Å². The predicted molar refractivity (Wildman–Crippen MR) is 264 cm³/mol. The number of unbranched alkanes of at least 4 members (excludes halogenated alkanes) is 32. The maximum atomic E-state index is 13.2. The van der Waals surface area contributed by atoms with Crippen molar-refractivity contribution < 1.29 is 24.5 Å². The first-order chi connectivity index (χ1) is 30.0. The molecule has 3 atom stereocenters. The van der Waals surface area contributed by atoms with E-state index in [9.17, 15) is 19.8 Å². The number of aliphatic hydroxyl groups excluding tert-OH is 2. The minimum atomic E-state index is -0.794. The van der Waals surface area contributed by atoms with Crippen molar-refractivity contribution in [3.63, 3.8) is 0 Å². The Labute approximate surface area is 379 Å². The number of ether oxygens (including phenoxy) is 1. The van der Waals surface area contributed by atoms with Gasteiger partial charge in [-0.1, -0.05) is 250 Å². The van der Waals surface area contributed by atoms with Crippen molar-refractivity contribution in [2.45, 2.75) is 296 Å². The molecule has 0 spiro atoms. The summed E-state index contributed by atoms with van der Waals surface area (Å²) in [5.41, 5.74) is 0. The second-order valence-electron chi connectivity index (χ2n) is 18.3. The van der Waals surface area contributed by atoms with Crippen LogP contribution in [0.4, 0.5) is 0 Å². The number of hydrogen-bond donors (Lipinski definition) is 3. The number of carbonyl (C=O) groups excluding carboxylic acids is 2. The Hall–Kier alpha value is -1.92. The van der Waals surface area contributed by atoms with Gasteiger partial charge < -0.3 is 20.3 Å². The maximum absolute atomic E-state index is 13.2. The van der Waals surface area contributed by atoms with Crippen molar-refractivity contribution in [2.75, 3.05) is 6.61 Å². The van der Waals surface area contributed by atoms with Crippen LogP contribution >= 0.6 is 0 Å². The van der Waals surface area contributed by atoms with E-state index in [2.05, 4.69) is 62.5 Å². The summed E-state index contributed by atoms with van der Waals surface area (Å²) >= 11 is 0. The third-order valence-electron chi connectivity index (χ3n) is 12.3. The molecule has 0 fully saturated rings. The number of amides is 1. The molecule has 0 aromatic carbocycles. The van der Waals surface area contributed by atoms with Crippen LogP contribution in [-0.2, 0) is 14.3 Å². The zero-order chi connectivity index (χ0) is 44.5. The highest BCUT2D eigenvalue weighted by atomic mass is 16.5. The normalized spacial score (nSPS) is 13.5. The lowest BCUT2D eigenvalue weighted by molar-refractivity contribution is -0.151. The van der Waals surface area contributed by atoms with Crippen molar-refractivity contribution in [2.24, 2.45) is 0 Å². The largest absolute Gasteiger partial charge is 0.462 e. The highest BCUT2D eigenvalue weighted by Gasteiger charge is 2.24. The van der Waals surface area contributed by atoms with Crippen LogP contribution in [0.5, 0.6) is 0 Å². The highest BCUT2D eigenvalue weighted by Crippen LogP contribution is 2.18. The molecule has 0 aliphatic heterocycles. The van der Waals surface area contributed by atoms with Gasteiger partial charge in [-0.2, -0.15) is 0 Å². The van der Waals surface area contributed by atoms with Gasteiger partial charge in [0.05, 0.1) is 25.2 Å². The Bertz CT molecular complexity index is 1010. The molecule has 358 valence electrons. The molecule has 0 radical (unpaired) electrons. The lowest BCUT2D eigenvalue weighted by Crippen LogP contribution is -2.46. The van der Waals surface area contributed by atoms with Crippen LogP contribution < -0.4 is 5.32 Å². The van der Waals surface area contributed by atoms with Gasteiger partial charge in [0.1, 0.15) is 6.10 Å². The molecule has 0 aromatic heterocycles. The molecule has 0 rings (SSSR count). The lowest BCUT2D eigenvalue weighted by atomic mass is 10.0. The summed E-state index contributed by atoms with van der Waals surface area (Å²) in [6.07, 6.45) is 57.7. The van der Waals surface area contributed by atoms with Crippen molar-refractivity contribution >= 4 is 11.9 Å². The van der Waals surface area contributed by atoms with Gasteiger partial charge in [0.15, 0.2) is 0 Å². The highest BCUT2D eigenvalue weighted by molar-refractivity contribution is 5.77. The van der Waals surface area contributed by atoms with Crippen molar-refractivity contribution in [1.82, 2.24) is 5.32 Å². The van der Waals surface area contributed by atoms with Crippen LogP contribution in [0, 0.1) is 0 Å². The van der Waals surface area contributed by atoms with Crippen molar-refractivity contribution in [3.8, 4) is 0 Å². The van der Waals surface area contributed by atoms with E-state index in [1.165, 1.54) is 161 Å². The summed E-state index contributed by atoms with van der Waals surface area (Å²) < 4.78 is 5.93. The Morgan fingerprint density at radius 2 is 0.836 bits per heavy atom. The minimum Gasteiger partial charge on any atom is -0.462 e. The summed E-state index contributed by atoms with van der Waals surface area (Å²) in [4.78, 5) is 26.2. The zero-order valence-corrected chi connectivity index (χ0v) is 40.8. The van der Waals surface area contributed by atoms with E-state index in [0.717, 1.165) is 70.6 Å². The van der Waals surface area contributed by atoms with Gasteiger partial charge in [-0.25, -0.2) is 0 Å². The van der Waals surface area contributed by atoms with Crippen LogP contribution in [-0.4, -0.2) is 46.9 Å². The van der Waals surface area contributed by atoms with E-state index in [4.69, 9.17) is 4.74 Å². The van der Waals surface area contributed by atoms with Gasteiger partial charge in [-0.3, -0.25) is 9.59 Å². The van der Waals surface area contributed by atoms with E-state index in [-0.39, 0.29) is 24.9 Å². The number of esters is 1. The molecule has 6 nitrogen and oxygen atoms in total. The van der Waals surface area contributed by atoms with E-state index >= 15 is 0 Å². The van der Waals surface area contributed by atoms with Crippen LogP contribution in [0.25, 0.3) is 0 Å². The molecule has 3 unspecified atom stereocenters. The fraction of sp³-hybridized carbons (Fsp3) is 0.855. The van der Waals surface area contributed by atoms with Crippen LogP contribution in [0.2, 0.25) is 0 Å². The average molecular weight is 858 g/mol. The average Bonchev–Trinajstić information content (AvgIpc) is 3.25. The predicted octanol–water partition coefficient (Wildman–Crippen LogP) is 16.1. The molecule has 3 N–H and O–H groups in total. The standard InChI is InChI=1S/C55H103NO5/c1-4-7-10-13-16-19-22-24-26-28-29-32-34-37-40-43-46-51(61-55(60)48-45-42-39-36-33-30-27-25-23-20-17-14-11-8-5-2)49-54(59)56-52(50-57)53(58)47-44-41-38-35-31-21-18-15-12-9-6-3/h22,24,26,28-29,32,51-53,57-58H,4-21,23,25,27,30-31,33-50H2,1-3H3,(H,56,59)/b24-22+,28-26+,32-29+. The summed E-state index contributed by atoms with van der Waals surface area (Å²) in [5, 5.41) is 23.7. The minimum absolute atomic E-state index is 0.0587. The van der Waals surface area contributed by atoms with Crippen molar-refractivity contribution in [3.05, 3.63) is 36.5 Å². The topological polar surface area (TPSA) is 95.9 Å². The molecular weight excluding hydrogens is 755 g/mol. The van der Waals surface area contributed by atoms with Gasteiger partial charge in [0.25, 0.3) is 0 Å². The van der Waals surface area contributed by atoms with Gasteiger partial charge in [0.2, 0.25) is 5.91 Å². The maximum Gasteiger partial charge on any atom is 0.306 e.